The number of imidazole rings is 1. The maximum Gasteiger partial charge on any atom is 0.326 e. The first-order valence-electron chi connectivity index (χ1n) is 10.4. The van der Waals surface area contributed by atoms with E-state index >= 15 is 0 Å². The van der Waals surface area contributed by atoms with E-state index in [1.165, 1.54) is 0 Å². The number of nitrogens with one attached hydrogen (secondary N) is 1. The van der Waals surface area contributed by atoms with Gasteiger partial charge in [-0.05, 0) is 31.1 Å². The number of carbonyl (C=O) groups excluding carboxylic acids is 1. The Bertz CT molecular complexity index is 1380. The molecule has 2 aliphatic heterocycles. The lowest BCUT2D eigenvalue weighted by molar-refractivity contribution is -0.131. The second-order valence-electron chi connectivity index (χ2n) is 7.96. The number of hydrogen-bond acceptors (Lipinski definition) is 6. The van der Waals surface area contributed by atoms with E-state index < -0.39 is 0 Å². The van der Waals surface area contributed by atoms with Crippen molar-refractivity contribution in [3.05, 3.63) is 58.2 Å². The summed E-state index contributed by atoms with van der Waals surface area (Å²) in [6, 6.07) is 7.41. The smallest absolute Gasteiger partial charge is 0.326 e. The van der Waals surface area contributed by atoms with Gasteiger partial charge in [-0.2, -0.15) is 15.6 Å². The maximum absolute atomic E-state index is 12.8. The molecule has 0 spiro atoms. The van der Waals surface area contributed by atoms with Crippen LogP contribution in [0, 0.1) is 22.7 Å². The zero-order valence-electron chi connectivity index (χ0n) is 17.2. The topological polar surface area (TPSA) is 126 Å². The summed E-state index contributed by atoms with van der Waals surface area (Å²) in [5.41, 5.74) is 3.57. The van der Waals surface area contributed by atoms with Crippen LogP contribution in [0.25, 0.3) is 11.6 Å². The van der Waals surface area contributed by atoms with E-state index in [-0.39, 0.29) is 24.1 Å². The van der Waals surface area contributed by atoms with Gasteiger partial charge in [0, 0.05) is 25.5 Å². The van der Waals surface area contributed by atoms with E-state index in [4.69, 9.17) is 5.26 Å². The summed E-state index contributed by atoms with van der Waals surface area (Å²) >= 11 is 0. The van der Waals surface area contributed by atoms with E-state index in [1.807, 2.05) is 23.2 Å². The van der Waals surface area contributed by atoms with Gasteiger partial charge in [0.15, 0.2) is 0 Å². The lowest BCUT2D eigenvalue weighted by Crippen LogP contribution is -2.43. The molecule has 1 atom stereocenters. The fourth-order valence-corrected chi connectivity index (χ4v) is 4.56. The van der Waals surface area contributed by atoms with Crippen molar-refractivity contribution in [1.29, 1.82) is 10.5 Å². The average molecular weight is 428 g/mol. The summed E-state index contributed by atoms with van der Waals surface area (Å²) < 4.78 is 3.47. The number of anilines is 1. The summed E-state index contributed by atoms with van der Waals surface area (Å²) in [5.74, 6) is -0.198. The third kappa shape index (κ3) is 3.22. The first-order chi connectivity index (χ1) is 15.6. The molecular weight excluding hydrogens is 408 g/mol. The highest BCUT2D eigenvalue weighted by Gasteiger charge is 2.30. The van der Waals surface area contributed by atoms with Crippen molar-refractivity contribution < 1.29 is 4.79 Å². The summed E-state index contributed by atoms with van der Waals surface area (Å²) in [5, 5.41) is 22.5. The third-order valence-electron chi connectivity index (χ3n) is 6.09. The molecule has 0 aromatic carbocycles. The van der Waals surface area contributed by atoms with Crippen LogP contribution in [-0.2, 0) is 11.3 Å². The molecule has 2 aliphatic rings. The van der Waals surface area contributed by atoms with E-state index in [0.717, 1.165) is 35.4 Å². The van der Waals surface area contributed by atoms with Crippen molar-refractivity contribution in [3.63, 3.8) is 0 Å². The minimum atomic E-state index is -0.201. The number of H-pyrrole nitrogens is 1. The molecule has 3 aromatic heterocycles. The Hall–Kier alpha value is -4.31. The largest absolute Gasteiger partial charge is 0.340 e. The van der Waals surface area contributed by atoms with Crippen LogP contribution >= 0.6 is 0 Å². The molecule has 10 nitrogen and oxygen atoms in total. The Kier molecular flexibility index (Phi) is 4.75. The van der Waals surface area contributed by atoms with Crippen molar-refractivity contribution in [2.45, 2.75) is 31.8 Å². The average Bonchev–Trinajstić information content (AvgIpc) is 3.38. The molecule has 1 fully saturated rings. The summed E-state index contributed by atoms with van der Waals surface area (Å²) in [6.45, 7) is 1.47. The van der Waals surface area contributed by atoms with Gasteiger partial charge in [-0.3, -0.25) is 9.36 Å². The highest BCUT2D eigenvalue weighted by Crippen LogP contribution is 2.30. The lowest BCUT2D eigenvalue weighted by atomic mass is 10.0. The highest BCUT2D eigenvalue weighted by atomic mass is 16.2. The Morgan fingerprint density at radius 3 is 3.03 bits per heavy atom. The van der Waals surface area contributed by atoms with Crippen molar-refractivity contribution >= 4 is 23.2 Å². The second kappa shape index (κ2) is 7.75. The number of likely N-dealkylation sites (tertiary alicyclic amines) is 1. The lowest BCUT2D eigenvalue weighted by Gasteiger charge is -2.34. The van der Waals surface area contributed by atoms with Crippen LogP contribution in [0.4, 0.5) is 5.69 Å². The van der Waals surface area contributed by atoms with Gasteiger partial charge in [-0.1, -0.05) is 0 Å². The number of nitrogens with zero attached hydrogens (tertiary/aromatic N) is 7. The number of fused-ring (bicyclic) bond motifs is 2. The molecule has 10 heteroatoms. The summed E-state index contributed by atoms with van der Waals surface area (Å²) in [7, 11) is 0. The van der Waals surface area contributed by atoms with E-state index in [9.17, 15) is 14.9 Å². The van der Waals surface area contributed by atoms with Crippen LogP contribution < -0.4 is 10.6 Å². The number of piperidine rings is 1. The number of hydrogen-bond donors (Lipinski definition) is 1. The zero-order valence-corrected chi connectivity index (χ0v) is 17.2. The number of nitriles is 2. The number of amides is 1. The number of carbonyl (C=O) groups is 1. The van der Waals surface area contributed by atoms with Gasteiger partial charge >= 0.3 is 5.69 Å². The third-order valence-corrected chi connectivity index (χ3v) is 6.09. The molecule has 3 aromatic rings. The molecule has 1 N–H and O–H groups in total. The fourth-order valence-electron chi connectivity index (χ4n) is 4.56. The van der Waals surface area contributed by atoms with Crippen molar-refractivity contribution in [3.8, 4) is 12.1 Å². The number of pyridine rings is 1. The first-order valence-corrected chi connectivity index (χ1v) is 10.4. The molecule has 0 bridgehead atoms. The molecule has 0 radical (unpaired) electrons. The minimum Gasteiger partial charge on any atom is -0.340 e. The zero-order chi connectivity index (χ0) is 22.2. The molecular formula is C22H20N8O2. The quantitative estimate of drug-likeness (QED) is 0.677. The highest BCUT2D eigenvalue weighted by molar-refractivity contribution is 5.78. The van der Waals surface area contributed by atoms with Crippen LogP contribution in [0.1, 0.15) is 42.3 Å². The standard InChI is InChI=1S/C22H20N8O2/c23-6-3-21(31)28-7-1-2-16(13-28)30-20-14-27(8-5-17(20)26-22(30)32)19-12-25-29-9-4-15(11-24)10-18(19)29/h4-5,8-10,12,16H,1-3,7,13-14H2,(H,26,32). The predicted molar refractivity (Wildman–Crippen MR) is 115 cm³/mol. The normalized spacial score (nSPS) is 17.8. The van der Waals surface area contributed by atoms with E-state index in [2.05, 4.69) is 16.2 Å². The number of rotatable bonds is 3. The van der Waals surface area contributed by atoms with E-state index in [1.54, 1.807) is 38.5 Å². The van der Waals surface area contributed by atoms with Gasteiger partial charge < -0.3 is 14.8 Å². The molecule has 0 aliphatic carbocycles. The van der Waals surface area contributed by atoms with Crippen LogP contribution in [0.15, 0.2) is 35.5 Å². The Morgan fingerprint density at radius 2 is 2.22 bits per heavy atom. The Morgan fingerprint density at radius 1 is 1.34 bits per heavy atom. The summed E-state index contributed by atoms with van der Waals surface area (Å²) in [4.78, 5) is 31.7. The second-order valence-corrected chi connectivity index (χ2v) is 7.96. The van der Waals surface area contributed by atoms with Crippen molar-refractivity contribution in [2.24, 2.45) is 0 Å². The number of aromatic nitrogens is 4. The molecule has 160 valence electrons. The van der Waals surface area contributed by atoms with Crippen molar-refractivity contribution in [1.82, 2.24) is 24.1 Å². The van der Waals surface area contributed by atoms with Gasteiger partial charge in [0.25, 0.3) is 0 Å². The van der Waals surface area contributed by atoms with Crippen LogP contribution in [0.5, 0.6) is 0 Å². The van der Waals surface area contributed by atoms with Crippen LogP contribution in [0.2, 0.25) is 0 Å². The molecule has 5 rings (SSSR count). The maximum atomic E-state index is 12.8. The van der Waals surface area contributed by atoms with Crippen molar-refractivity contribution in [2.75, 3.05) is 18.0 Å². The molecule has 32 heavy (non-hydrogen) atoms. The monoisotopic (exact) mass is 428 g/mol. The number of aromatic amines is 1. The Balaban J connectivity index is 1.47. The summed E-state index contributed by atoms with van der Waals surface area (Å²) in [6.07, 6.45) is 8.65. The fraction of sp³-hybridized carbons (Fsp3) is 0.318. The van der Waals surface area contributed by atoms with Gasteiger partial charge in [0.2, 0.25) is 5.91 Å². The minimum absolute atomic E-state index is 0.150. The van der Waals surface area contributed by atoms with Gasteiger partial charge in [-0.15, -0.1) is 0 Å². The molecule has 0 saturated carbocycles. The van der Waals surface area contributed by atoms with Crippen LogP contribution in [0.3, 0.4) is 0 Å². The SMILES string of the molecule is N#CCC(=O)N1CCCC(n2c3c([nH]c2=O)C=CN(c2cnn4ccc(C#N)cc24)C3)C1. The van der Waals surface area contributed by atoms with Gasteiger partial charge in [-0.25, -0.2) is 9.31 Å². The van der Waals surface area contributed by atoms with Gasteiger partial charge in [0.1, 0.15) is 6.42 Å². The first kappa shape index (κ1) is 19.6. The van der Waals surface area contributed by atoms with Gasteiger partial charge in [0.05, 0.1) is 59.1 Å². The van der Waals surface area contributed by atoms with Crippen LogP contribution in [-0.4, -0.2) is 43.1 Å². The molecule has 1 amide bonds. The van der Waals surface area contributed by atoms with E-state index in [0.29, 0.717) is 25.2 Å². The molecule has 1 unspecified atom stereocenters. The Labute approximate surface area is 183 Å². The molecule has 5 heterocycles. The molecule has 1 saturated heterocycles. The predicted octanol–water partition coefficient (Wildman–Crippen LogP) is 1.76.